The first-order valence-corrected chi connectivity index (χ1v) is 23.8. The molecule has 0 bridgehead atoms. The van der Waals surface area contributed by atoms with Crippen LogP contribution in [0.2, 0.25) is 0 Å². The van der Waals surface area contributed by atoms with Gasteiger partial charge in [0.15, 0.2) is 17.5 Å². The van der Waals surface area contributed by atoms with Gasteiger partial charge in [0.1, 0.15) is 0 Å². The fraction of sp³-hybridized carbons (Fsp3) is 0.0156. The molecule has 6 heteroatoms. The highest BCUT2D eigenvalue weighted by Crippen LogP contribution is 2.51. The predicted molar refractivity (Wildman–Crippen MR) is 288 cm³/mol. The minimum atomic E-state index is 0.591. The molecule has 0 atom stereocenters. The maximum absolute atomic E-state index is 5.37. The van der Waals surface area contributed by atoms with E-state index in [1.54, 1.807) is 0 Å². The average molecular weight is 895 g/mol. The van der Waals surface area contributed by atoms with Crippen molar-refractivity contribution in [2.45, 2.75) is 6.42 Å². The summed E-state index contributed by atoms with van der Waals surface area (Å²) in [6.07, 6.45) is 0.779. The van der Waals surface area contributed by atoms with E-state index >= 15 is 0 Å². The molecule has 0 N–H and O–H groups in total. The molecule has 10 aromatic carbocycles. The Kier molecular flexibility index (Phi) is 9.17. The van der Waals surface area contributed by atoms with Crippen molar-refractivity contribution in [2.24, 2.45) is 0 Å². The smallest absolute Gasteiger partial charge is 0.166 e. The number of anilines is 3. The van der Waals surface area contributed by atoms with Crippen LogP contribution in [0.1, 0.15) is 11.1 Å². The molecular formula is C64H42N6. The number of para-hydroxylation sites is 6. The number of hydrogen-bond acceptors (Lipinski definition) is 4. The van der Waals surface area contributed by atoms with E-state index in [1.165, 1.54) is 54.8 Å². The molecule has 3 aromatic heterocycles. The summed E-state index contributed by atoms with van der Waals surface area (Å²) >= 11 is 0. The van der Waals surface area contributed by atoms with E-state index in [0.29, 0.717) is 17.5 Å². The number of aromatic nitrogens is 5. The molecular weight excluding hydrogens is 853 g/mol. The molecule has 70 heavy (non-hydrogen) atoms. The molecule has 0 radical (unpaired) electrons. The third kappa shape index (κ3) is 6.31. The minimum Gasteiger partial charge on any atom is -0.309 e. The molecule has 1 aliphatic rings. The van der Waals surface area contributed by atoms with Gasteiger partial charge in [-0.2, -0.15) is 0 Å². The average Bonchev–Trinajstić information content (AvgIpc) is 3.95. The van der Waals surface area contributed by atoms with Crippen molar-refractivity contribution in [3.05, 3.63) is 254 Å². The molecule has 0 amide bonds. The lowest BCUT2D eigenvalue weighted by atomic mass is 9.88. The Bertz CT molecular complexity index is 4040. The Morgan fingerprint density at radius 1 is 0.314 bits per heavy atom. The van der Waals surface area contributed by atoms with Gasteiger partial charge in [-0.05, 0) is 89.0 Å². The van der Waals surface area contributed by atoms with Gasteiger partial charge in [-0.3, -0.25) is 0 Å². The van der Waals surface area contributed by atoms with Crippen molar-refractivity contribution in [2.75, 3.05) is 4.90 Å². The topological polar surface area (TPSA) is 51.8 Å². The lowest BCUT2D eigenvalue weighted by Gasteiger charge is -2.36. The maximum Gasteiger partial charge on any atom is 0.166 e. The molecule has 328 valence electrons. The van der Waals surface area contributed by atoms with Gasteiger partial charge < -0.3 is 14.0 Å². The Morgan fingerprint density at radius 3 is 1.46 bits per heavy atom. The minimum absolute atomic E-state index is 0.591. The molecule has 0 unspecified atom stereocenters. The SMILES string of the molecule is c1ccc(-c2nc(-c3ccccc3)nc(-c3cccc(N4c5ccccc5Cc5c(-c6ccc7c(c6)c6ccccc6n7-c6ccccc6)cccc54)c3-n3c4ccccc4c4ccccc43)n2)cc1. The van der Waals surface area contributed by atoms with E-state index < -0.39 is 0 Å². The first kappa shape index (κ1) is 39.7. The molecule has 6 nitrogen and oxygen atoms in total. The van der Waals surface area contributed by atoms with Crippen LogP contribution in [0.3, 0.4) is 0 Å². The summed E-state index contributed by atoms with van der Waals surface area (Å²) in [6.45, 7) is 0. The van der Waals surface area contributed by atoms with Crippen molar-refractivity contribution in [1.82, 2.24) is 24.1 Å². The Morgan fingerprint density at radius 2 is 0.800 bits per heavy atom. The molecule has 0 fully saturated rings. The maximum atomic E-state index is 5.37. The molecule has 1 aliphatic heterocycles. The van der Waals surface area contributed by atoms with Gasteiger partial charge in [0, 0.05) is 56.0 Å². The highest BCUT2D eigenvalue weighted by atomic mass is 15.2. The van der Waals surface area contributed by atoms with Gasteiger partial charge in [-0.15, -0.1) is 0 Å². The number of benzene rings is 10. The van der Waals surface area contributed by atoms with E-state index in [1.807, 2.05) is 36.4 Å². The van der Waals surface area contributed by atoms with Gasteiger partial charge in [-0.1, -0.05) is 176 Å². The summed E-state index contributed by atoms with van der Waals surface area (Å²) in [5.74, 6) is 1.82. The van der Waals surface area contributed by atoms with E-state index in [-0.39, 0.29) is 0 Å². The fourth-order valence-electron chi connectivity index (χ4n) is 10.9. The summed E-state index contributed by atoms with van der Waals surface area (Å²) in [6, 6.07) is 86.6. The first-order valence-electron chi connectivity index (χ1n) is 23.8. The normalized spacial score (nSPS) is 12.2. The van der Waals surface area contributed by atoms with Crippen LogP contribution in [-0.2, 0) is 6.42 Å². The second-order valence-electron chi connectivity index (χ2n) is 17.9. The third-order valence-electron chi connectivity index (χ3n) is 14.0. The van der Waals surface area contributed by atoms with E-state index in [9.17, 15) is 0 Å². The lowest BCUT2D eigenvalue weighted by molar-refractivity contribution is 1.05. The summed E-state index contributed by atoms with van der Waals surface area (Å²) in [7, 11) is 0. The highest BCUT2D eigenvalue weighted by Gasteiger charge is 2.31. The molecule has 14 rings (SSSR count). The van der Waals surface area contributed by atoms with Crippen LogP contribution in [0, 0.1) is 0 Å². The van der Waals surface area contributed by atoms with Crippen molar-refractivity contribution >= 4 is 60.7 Å². The second-order valence-corrected chi connectivity index (χ2v) is 17.9. The van der Waals surface area contributed by atoms with E-state index in [2.05, 4.69) is 220 Å². The summed E-state index contributed by atoms with van der Waals surface area (Å²) in [5, 5.41) is 4.81. The zero-order valence-corrected chi connectivity index (χ0v) is 38.0. The Hall–Kier alpha value is -9.39. The monoisotopic (exact) mass is 894 g/mol. The van der Waals surface area contributed by atoms with Crippen molar-refractivity contribution in [1.29, 1.82) is 0 Å². The van der Waals surface area contributed by atoms with E-state index in [0.717, 1.165) is 62.6 Å². The zero-order chi connectivity index (χ0) is 46.1. The van der Waals surface area contributed by atoms with Crippen LogP contribution < -0.4 is 4.90 Å². The molecule has 13 aromatic rings. The summed E-state index contributed by atoms with van der Waals surface area (Å²) < 4.78 is 4.81. The molecule has 0 spiro atoms. The van der Waals surface area contributed by atoms with Gasteiger partial charge in [0.2, 0.25) is 0 Å². The van der Waals surface area contributed by atoms with Crippen LogP contribution in [0.25, 0.3) is 100 Å². The summed E-state index contributed by atoms with van der Waals surface area (Å²) in [5.41, 5.74) is 17.6. The van der Waals surface area contributed by atoms with Gasteiger partial charge >= 0.3 is 0 Å². The van der Waals surface area contributed by atoms with Crippen LogP contribution in [-0.4, -0.2) is 24.1 Å². The van der Waals surface area contributed by atoms with Crippen LogP contribution in [0.5, 0.6) is 0 Å². The van der Waals surface area contributed by atoms with Crippen molar-refractivity contribution in [3.8, 4) is 56.7 Å². The fourth-order valence-corrected chi connectivity index (χ4v) is 10.9. The quantitative estimate of drug-likeness (QED) is 0.160. The first-order chi connectivity index (χ1) is 34.7. The number of nitrogens with zero attached hydrogens (tertiary/aromatic N) is 6. The highest BCUT2D eigenvalue weighted by molar-refractivity contribution is 6.12. The number of fused-ring (bicyclic) bond motifs is 8. The zero-order valence-electron chi connectivity index (χ0n) is 38.0. The van der Waals surface area contributed by atoms with Crippen molar-refractivity contribution in [3.63, 3.8) is 0 Å². The molecule has 4 heterocycles. The second kappa shape index (κ2) is 16.1. The third-order valence-corrected chi connectivity index (χ3v) is 14.0. The molecule has 0 saturated heterocycles. The molecule has 0 aliphatic carbocycles. The van der Waals surface area contributed by atoms with Crippen LogP contribution >= 0.6 is 0 Å². The van der Waals surface area contributed by atoms with E-state index in [4.69, 9.17) is 15.0 Å². The van der Waals surface area contributed by atoms with Gasteiger partial charge in [0.25, 0.3) is 0 Å². The standard InChI is InChI=1S/C64H42N6/c1-4-20-42(21-5-1)62-65-63(43-22-6-2-7-23-43)67-64(66-62)51-31-19-37-60(61(51)70-56-34-16-11-27-48(56)49-28-12-17-35-57(49)70)69-54-32-14-10-24-45(54)41-52-47(30-18-36-58(52)69)44-38-39-59-53(40-44)50-29-13-15-33-55(50)68(59)46-25-8-3-9-26-46/h1-40H,41H2. The Labute approximate surface area is 404 Å². The number of hydrogen-bond donors (Lipinski definition) is 0. The Balaban J connectivity index is 1.04. The summed E-state index contributed by atoms with van der Waals surface area (Å²) in [4.78, 5) is 18.3. The largest absolute Gasteiger partial charge is 0.309 e. The van der Waals surface area contributed by atoms with Gasteiger partial charge in [-0.25, -0.2) is 15.0 Å². The lowest BCUT2D eigenvalue weighted by Crippen LogP contribution is -2.21. The number of rotatable bonds is 7. The predicted octanol–water partition coefficient (Wildman–Crippen LogP) is 16.1. The van der Waals surface area contributed by atoms with Gasteiger partial charge in [0.05, 0.1) is 39.1 Å². The van der Waals surface area contributed by atoms with Crippen LogP contribution in [0.4, 0.5) is 17.1 Å². The van der Waals surface area contributed by atoms with Crippen LogP contribution in [0.15, 0.2) is 243 Å². The van der Waals surface area contributed by atoms with Crippen molar-refractivity contribution < 1.29 is 0 Å². The molecule has 0 saturated carbocycles.